The lowest BCUT2D eigenvalue weighted by Crippen LogP contribution is -2.08. The van der Waals surface area contributed by atoms with Crippen LogP contribution >= 0.6 is 0 Å². The van der Waals surface area contributed by atoms with Gasteiger partial charge < -0.3 is 14.6 Å². The third-order valence-electron chi connectivity index (χ3n) is 3.02. The molecule has 3 nitrogen and oxygen atoms in total. The molecule has 2 aromatic carbocycles. The van der Waals surface area contributed by atoms with Gasteiger partial charge in [0, 0.05) is 18.8 Å². The largest absolute Gasteiger partial charge is 0.508 e. The molecule has 22 heavy (non-hydrogen) atoms. The van der Waals surface area contributed by atoms with Gasteiger partial charge in [0.15, 0.2) is 6.29 Å². The maximum Gasteiger partial charge on any atom is 0.183 e. The van der Waals surface area contributed by atoms with Crippen molar-refractivity contribution in [3.63, 3.8) is 0 Å². The van der Waals surface area contributed by atoms with Gasteiger partial charge in [-0.3, -0.25) is 0 Å². The summed E-state index contributed by atoms with van der Waals surface area (Å²) < 4.78 is 11.0. The summed E-state index contributed by atoms with van der Waals surface area (Å²) in [4.78, 5) is 0. The van der Waals surface area contributed by atoms with E-state index in [1.165, 1.54) is 11.1 Å². The van der Waals surface area contributed by atoms with E-state index < -0.39 is 0 Å². The van der Waals surface area contributed by atoms with E-state index in [4.69, 9.17) is 14.6 Å². The highest BCUT2D eigenvalue weighted by Gasteiger charge is 2.09. The van der Waals surface area contributed by atoms with E-state index in [-0.39, 0.29) is 6.29 Å². The molecule has 3 heteroatoms. The Hall–Kier alpha value is -1.84. The smallest absolute Gasteiger partial charge is 0.183 e. The summed E-state index contributed by atoms with van der Waals surface area (Å²) in [6, 6.07) is 15.3. The molecule has 0 bridgehead atoms. The van der Waals surface area contributed by atoms with Crippen LogP contribution in [0.1, 0.15) is 36.8 Å². The number of hydrogen-bond donors (Lipinski definition) is 1. The highest BCUT2D eigenvalue weighted by atomic mass is 16.7. The van der Waals surface area contributed by atoms with Gasteiger partial charge in [0.05, 0.1) is 0 Å². The molecule has 0 unspecified atom stereocenters. The molecule has 0 aliphatic heterocycles. The summed E-state index contributed by atoms with van der Waals surface area (Å²) in [5.74, 6) is 0.329. The lowest BCUT2D eigenvalue weighted by atomic mass is 10.1. The monoisotopic (exact) mass is 302 g/mol. The van der Waals surface area contributed by atoms with E-state index >= 15 is 0 Å². The third kappa shape index (κ3) is 6.74. The van der Waals surface area contributed by atoms with Crippen LogP contribution in [0, 0.1) is 13.8 Å². The Kier molecular flexibility index (Phi) is 8.26. The van der Waals surface area contributed by atoms with Crippen molar-refractivity contribution in [2.24, 2.45) is 0 Å². The maximum atomic E-state index is 8.76. The summed E-state index contributed by atoms with van der Waals surface area (Å²) >= 11 is 0. The van der Waals surface area contributed by atoms with Crippen LogP contribution in [0.15, 0.2) is 48.5 Å². The molecule has 0 fully saturated rings. The number of phenols is 1. The molecule has 0 radical (unpaired) electrons. The zero-order valence-electron chi connectivity index (χ0n) is 13.9. The molecule has 0 aromatic heterocycles. The lowest BCUT2D eigenvalue weighted by Gasteiger charge is -2.17. The van der Waals surface area contributed by atoms with Crippen molar-refractivity contribution in [2.45, 2.75) is 34.0 Å². The molecule has 0 aliphatic carbocycles. The van der Waals surface area contributed by atoms with E-state index in [9.17, 15) is 0 Å². The molecule has 0 heterocycles. The minimum Gasteiger partial charge on any atom is -0.508 e. The van der Waals surface area contributed by atoms with Crippen molar-refractivity contribution in [1.29, 1.82) is 0 Å². The standard InChI is InChI=1S/C12H18O2.C7H8O/c1-4-13-12(14-5-2)11-8-6-10(3)7-9-11;1-6-2-4-7(8)5-3-6/h6-9,12H,4-5H2,1-3H3;2-5,8H,1H3. The van der Waals surface area contributed by atoms with Crippen LogP contribution in [-0.4, -0.2) is 18.3 Å². The van der Waals surface area contributed by atoms with Crippen molar-refractivity contribution in [3.05, 3.63) is 65.2 Å². The predicted molar refractivity (Wildman–Crippen MR) is 90.0 cm³/mol. The quantitative estimate of drug-likeness (QED) is 0.809. The number of benzene rings is 2. The van der Waals surface area contributed by atoms with Crippen molar-refractivity contribution in [2.75, 3.05) is 13.2 Å². The van der Waals surface area contributed by atoms with Gasteiger partial charge in [-0.15, -0.1) is 0 Å². The van der Waals surface area contributed by atoms with Gasteiger partial charge in [0.2, 0.25) is 0 Å². The minimum absolute atomic E-state index is 0.217. The summed E-state index contributed by atoms with van der Waals surface area (Å²) in [6.45, 7) is 9.33. The zero-order chi connectivity index (χ0) is 16.4. The number of aromatic hydroxyl groups is 1. The van der Waals surface area contributed by atoms with Gasteiger partial charge in [-0.05, 0) is 39.8 Å². The van der Waals surface area contributed by atoms with E-state index in [1.807, 2.05) is 45.0 Å². The molecule has 0 aliphatic rings. The van der Waals surface area contributed by atoms with E-state index in [0.717, 1.165) is 5.56 Å². The number of hydrogen-bond acceptors (Lipinski definition) is 3. The van der Waals surface area contributed by atoms with Gasteiger partial charge in [-0.25, -0.2) is 0 Å². The fraction of sp³-hybridized carbons (Fsp3) is 0.368. The molecular weight excluding hydrogens is 276 g/mol. The minimum atomic E-state index is -0.217. The van der Waals surface area contributed by atoms with E-state index in [2.05, 4.69) is 19.1 Å². The number of rotatable bonds is 5. The fourth-order valence-electron chi connectivity index (χ4n) is 1.81. The van der Waals surface area contributed by atoms with Crippen molar-refractivity contribution in [3.8, 4) is 5.75 Å². The van der Waals surface area contributed by atoms with Crippen LogP contribution in [0.5, 0.6) is 5.75 Å². The first-order valence-corrected chi connectivity index (χ1v) is 7.62. The second kappa shape index (κ2) is 9.98. The van der Waals surface area contributed by atoms with Crippen molar-refractivity contribution >= 4 is 0 Å². The first-order valence-electron chi connectivity index (χ1n) is 7.62. The molecule has 0 saturated carbocycles. The number of aryl methyl sites for hydroxylation is 2. The summed E-state index contributed by atoms with van der Waals surface area (Å²) in [6.07, 6.45) is -0.217. The van der Waals surface area contributed by atoms with Crippen LogP contribution < -0.4 is 0 Å². The molecule has 0 atom stereocenters. The molecular formula is C19H26O3. The van der Waals surface area contributed by atoms with Gasteiger partial charge in [-0.1, -0.05) is 47.5 Å². The van der Waals surface area contributed by atoms with E-state index in [1.54, 1.807) is 12.1 Å². The van der Waals surface area contributed by atoms with Gasteiger partial charge >= 0.3 is 0 Å². The van der Waals surface area contributed by atoms with Crippen LogP contribution in [0.2, 0.25) is 0 Å². The van der Waals surface area contributed by atoms with E-state index in [0.29, 0.717) is 19.0 Å². The average Bonchev–Trinajstić information content (AvgIpc) is 2.52. The Bertz CT molecular complexity index is 490. The summed E-state index contributed by atoms with van der Waals surface area (Å²) in [7, 11) is 0. The molecule has 2 rings (SSSR count). The Morgan fingerprint density at radius 2 is 1.18 bits per heavy atom. The summed E-state index contributed by atoms with van der Waals surface area (Å²) in [5, 5.41) is 8.76. The van der Waals surface area contributed by atoms with Crippen LogP contribution in [0.4, 0.5) is 0 Å². The first kappa shape index (κ1) is 18.2. The Labute approximate surface area is 133 Å². The highest BCUT2D eigenvalue weighted by Crippen LogP contribution is 2.19. The molecule has 2 aromatic rings. The molecule has 0 amide bonds. The summed E-state index contributed by atoms with van der Waals surface area (Å²) in [5.41, 5.74) is 3.50. The maximum absolute atomic E-state index is 8.76. The number of ether oxygens (including phenoxy) is 2. The Morgan fingerprint density at radius 3 is 1.55 bits per heavy atom. The van der Waals surface area contributed by atoms with Crippen molar-refractivity contribution in [1.82, 2.24) is 0 Å². The molecule has 120 valence electrons. The highest BCUT2D eigenvalue weighted by molar-refractivity contribution is 5.24. The second-order valence-electron chi connectivity index (χ2n) is 4.99. The van der Waals surface area contributed by atoms with Crippen LogP contribution in [-0.2, 0) is 9.47 Å². The Morgan fingerprint density at radius 1 is 0.773 bits per heavy atom. The average molecular weight is 302 g/mol. The zero-order valence-corrected chi connectivity index (χ0v) is 13.9. The van der Waals surface area contributed by atoms with Gasteiger partial charge in [0.1, 0.15) is 5.75 Å². The van der Waals surface area contributed by atoms with Crippen LogP contribution in [0.25, 0.3) is 0 Å². The molecule has 0 saturated heterocycles. The predicted octanol–water partition coefficient (Wildman–Crippen LogP) is 4.77. The second-order valence-corrected chi connectivity index (χ2v) is 4.99. The van der Waals surface area contributed by atoms with Gasteiger partial charge in [-0.2, -0.15) is 0 Å². The van der Waals surface area contributed by atoms with Gasteiger partial charge in [0.25, 0.3) is 0 Å². The SMILES string of the molecule is CCOC(OCC)c1ccc(C)cc1.Cc1ccc(O)cc1. The molecule has 0 spiro atoms. The molecule has 1 N–H and O–H groups in total. The van der Waals surface area contributed by atoms with Crippen LogP contribution in [0.3, 0.4) is 0 Å². The van der Waals surface area contributed by atoms with Crippen molar-refractivity contribution < 1.29 is 14.6 Å². The number of phenolic OH excluding ortho intramolecular Hbond substituents is 1. The topological polar surface area (TPSA) is 38.7 Å². The fourth-order valence-corrected chi connectivity index (χ4v) is 1.81. The normalized spacial score (nSPS) is 10.2. The lowest BCUT2D eigenvalue weighted by molar-refractivity contribution is -0.140. The Balaban J connectivity index is 0.000000255. The first-order chi connectivity index (χ1) is 10.6. The third-order valence-corrected chi connectivity index (χ3v) is 3.02.